The van der Waals surface area contributed by atoms with Crippen LogP contribution < -0.4 is 11.2 Å². The van der Waals surface area contributed by atoms with Crippen LogP contribution in [0.2, 0.25) is 0 Å². The van der Waals surface area contributed by atoms with E-state index in [4.69, 9.17) is 14.0 Å². The maximum atomic E-state index is 12.2. The summed E-state index contributed by atoms with van der Waals surface area (Å²) >= 11 is 0. The van der Waals surface area contributed by atoms with E-state index in [9.17, 15) is 39.2 Å². The molecular formula is C16H18N3O11P. The van der Waals surface area contributed by atoms with Gasteiger partial charge in [0.05, 0.1) is 18.1 Å². The summed E-state index contributed by atoms with van der Waals surface area (Å²) in [4.78, 5) is 54.2. The average molecular weight is 459 g/mol. The molecule has 2 aromatic rings. The van der Waals surface area contributed by atoms with E-state index >= 15 is 0 Å². The fourth-order valence-electron chi connectivity index (χ4n) is 3.08. The van der Waals surface area contributed by atoms with Crippen LogP contribution in [0.1, 0.15) is 11.8 Å². The Balaban J connectivity index is 1.91. The average Bonchev–Trinajstić information content (AvgIpc) is 3.02. The first-order chi connectivity index (χ1) is 14.6. The number of ether oxygens (including phenoxy) is 2. The first-order valence-corrected chi connectivity index (χ1v) is 10.3. The molecule has 14 nitrogen and oxygen atoms in total. The first kappa shape index (κ1) is 23.0. The number of nitro benzene ring substituents is 1. The van der Waals surface area contributed by atoms with Crippen molar-refractivity contribution in [2.24, 2.45) is 0 Å². The Labute approximate surface area is 173 Å². The van der Waals surface area contributed by atoms with E-state index < -0.39 is 55.1 Å². The number of aliphatic hydroxyl groups is 1. The van der Waals surface area contributed by atoms with Gasteiger partial charge in [0.2, 0.25) is 0 Å². The molecule has 31 heavy (non-hydrogen) atoms. The lowest BCUT2D eigenvalue weighted by molar-refractivity contribution is -0.384. The Morgan fingerprint density at radius 3 is 2.42 bits per heavy atom. The number of aromatic nitrogens is 2. The van der Waals surface area contributed by atoms with Gasteiger partial charge >= 0.3 is 13.5 Å². The highest BCUT2D eigenvalue weighted by Crippen LogP contribution is 2.44. The third-order valence-corrected chi connectivity index (χ3v) is 4.96. The lowest BCUT2D eigenvalue weighted by atomic mass is 10.1. The van der Waals surface area contributed by atoms with E-state index in [0.717, 1.165) is 16.8 Å². The van der Waals surface area contributed by atoms with Crippen LogP contribution in [0.25, 0.3) is 0 Å². The molecule has 168 valence electrons. The van der Waals surface area contributed by atoms with Gasteiger partial charge in [0, 0.05) is 24.4 Å². The SMILES string of the molecule is O=c1ccn([C@@H]2O[C@H](CO)[C@@H](OP(=O)(O)O)[C@H]2OCc2ccc([N+](=O)[O-])cc2)c(=O)[nH]1. The third kappa shape index (κ3) is 5.51. The zero-order valence-corrected chi connectivity index (χ0v) is 16.5. The summed E-state index contributed by atoms with van der Waals surface area (Å²) in [7, 11) is -5.05. The van der Waals surface area contributed by atoms with Gasteiger partial charge in [-0.05, 0) is 17.7 Å². The first-order valence-electron chi connectivity index (χ1n) is 8.76. The van der Waals surface area contributed by atoms with E-state index in [-0.39, 0.29) is 12.3 Å². The number of nitrogens with zero attached hydrogens (tertiary/aromatic N) is 2. The minimum Gasteiger partial charge on any atom is -0.394 e. The van der Waals surface area contributed by atoms with Crippen molar-refractivity contribution in [3.63, 3.8) is 0 Å². The number of rotatable bonds is 8. The van der Waals surface area contributed by atoms with Gasteiger partial charge in [0.1, 0.15) is 18.3 Å². The number of phosphoric ester groups is 1. The van der Waals surface area contributed by atoms with Crippen LogP contribution in [0.4, 0.5) is 5.69 Å². The highest BCUT2D eigenvalue weighted by molar-refractivity contribution is 7.46. The predicted molar refractivity (Wildman–Crippen MR) is 101 cm³/mol. The summed E-state index contributed by atoms with van der Waals surface area (Å²) in [5.41, 5.74) is -1.23. The van der Waals surface area contributed by atoms with E-state index in [1.165, 1.54) is 24.3 Å². The Hall–Kier alpha value is -2.71. The van der Waals surface area contributed by atoms with Crippen LogP contribution in [0.5, 0.6) is 0 Å². The molecule has 1 aliphatic heterocycles. The van der Waals surface area contributed by atoms with Crippen LogP contribution in [0.3, 0.4) is 0 Å². The van der Waals surface area contributed by atoms with Gasteiger partial charge in [-0.15, -0.1) is 0 Å². The fourth-order valence-corrected chi connectivity index (χ4v) is 3.65. The molecule has 0 spiro atoms. The molecule has 0 amide bonds. The Morgan fingerprint density at radius 2 is 1.87 bits per heavy atom. The number of nitrogens with one attached hydrogen (secondary N) is 1. The predicted octanol–water partition coefficient (Wildman–Crippen LogP) is -0.602. The van der Waals surface area contributed by atoms with Gasteiger partial charge in [0.25, 0.3) is 11.2 Å². The number of H-pyrrole nitrogens is 1. The number of aliphatic hydroxyl groups excluding tert-OH is 1. The molecule has 3 rings (SSSR count). The summed E-state index contributed by atoms with van der Waals surface area (Å²) in [6, 6.07) is 6.35. The van der Waals surface area contributed by atoms with Gasteiger partial charge in [-0.25, -0.2) is 9.36 Å². The Bertz CT molecular complexity index is 1090. The number of aromatic amines is 1. The van der Waals surface area contributed by atoms with Gasteiger partial charge in [-0.3, -0.25) is 29.0 Å². The van der Waals surface area contributed by atoms with Crippen LogP contribution in [0.15, 0.2) is 46.1 Å². The molecule has 1 aliphatic rings. The molecule has 0 radical (unpaired) electrons. The summed E-state index contributed by atoms with van der Waals surface area (Å²) in [5, 5.41) is 20.3. The number of hydrogen-bond acceptors (Lipinski definition) is 9. The standard InChI is InChI=1S/C16H18N3O11P/c20-7-11-13(30-31(25,26)27)14(15(29-11)18-6-5-12(21)17-16(18)22)28-8-9-1-3-10(4-2-9)19(23)24/h1-6,11,13-15,20H,7-8H2,(H,17,21,22)(H2,25,26,27)/t11-,13-,14-,15-/m1/s1. The summed E-state index contributed by atoms with van der Waals surface area (Å²) in [5.74, 6) is 0. The van der Waals surface area contributed by atoms with E-state index in [1.54, 1.807) is 0 Å². The number of hydrogen-bond donors (Lipinski definition) is 4. The number of non-ortho nitro benzene ring substituents is 1. The molecule has 15 heteroatoms. The number of nitro groups is 1. The number of benzene rings is 1. The molecule has 0 saturated carbocycles. The quantitative estimate of drug-likeness (QED) is 0.223. The van der Waals surface area contributed by atoms with E-state index in [2.05, 4.69) is 0 Å². The summed E-state index contributed by atoms with van der Waals surface area (Å²) in [6.07, 6.45) is -4.26. The molecule has 1 saturated heterocycles. The Morgan fingerprint density at radius 1 is 1.19 bits per heavy atom. The van der Waals surface area contributed by atoms with Crippen molar-refractivity contribution in [2.75, 3.05) is 6.61 Å². The molecular weight excluding hydrogens is 441 g/mol. The van der Waals surface area contributed by atoms with Gasteiger partial charge in [-0.2, -0.15) is 0 Å². The monoisotopic (exact) mass is 459 g/mol. The third-order valence-electron chi connectivity index (χ3n) is 4.44. The van der Waals surface area contributed by atoms with E-state index in [1.807, 2.05) is 4.98 Å². The van der Waals surface area contributed by atoms with Gasteiger partial charge in [0.15, 0.2) is 6.23 Å². The minimum atomic E-state index is -5.05. The summed E-state index contributed by atoms with van der Waals surface area (Å²) < 4.78 is 28.3. The lowest BCUT2D eigenvalue weighted by Crippen LogP contribution is -2.40. The second-order valence-electron chi connectivity index (χ2n) is 6.52. The largest absolute Gasteiger partial charge is 0.470 e. The van der Waals surface area contributed by atoms with Gasteiger partial charge < -0.3 is 24.4 Å². The van der Waals surface area contributed by atoms with Crippen molar-refractivity contribution >= 4 is 13.5 Å². The molecule has 1 aromatic carbocycles. The normalized spacial score (nSPS) is 23.7. The van der Waals surface area contributed by atoms with Crippen molar-refractivity contribution in [2.45, 2.75) is 31.1 Å². The van der Waals surface area contributed by atoms with Crippen LogP contribution in [0, 0.1) is 10.1 Å². The second-order valence-corrected chi connectivity index (χ2v) is 7.72. The highest BCUT2D eigenvalue weighted by atomic mass is 31.2. The lowest BCUT2D eigenvalue weighted by Gasteiger charge is -2.25. The van der Waals surface area contributed by atoms with Crippen molar-refractivity contribution in [3.8, 4) is 0 Å². The van der Waals surface area contributed by atoms with Crippen molar-refractivity contribution < 1.29 is 38.4 Å². The molecule has 0 aliphatic carbocycles. The molecule has 1 fully saturated rings. The molecule has 0 bridgehead atoms. The maximum absolute atomic E-state index is 12.2. The van der Waals surface area contributed by atoms with E-state index in [0.29, 0.717) is 5.56 Å². The summed E-state index contributed by atoms with van der Waals surface area (Å²) in [6.45, 7) is -0.906. The molecule has 4 N–H and O–H groups in total. The maximum Gasteiger partial charge on any atom is 0.470 e. The zero-order chi connectivity index (χ0) is 22.8. The van der Waals surface area contributed by atoms with Crippen LogP contribution in [-0.2, 0) is 25.2 Å². The van der Waals surface area contributed by atoms with Crippen molar-refractivity contribution in [3.05, 3.63) is 73.0 Å². The fraction of sp³-hybridized carbons (Fsp3) is 0.375. The number of phosphoric acid groups is 1. The second kappa shape index (κ2) is 9.20. The topological polar surface area (TPSA) is 203 Å². The smallest absolute Gasteiger partial charge is 0.394 e. The minimum absolute atomic E-state index is 0.145. The zero-order valence-electron chi connectivity index (χ0n) is 15.6. The van der Waals surface area contributed by atoms with Crippen LogP contribution in [-0.4, -0.2) is 54.3 Å². The molecule has 4 atom stereocenters. The van der Waals surface area contributed by atoms with Gasteiger partial charge in [-0.1, -0.05) is 0 Å². The molecule has 1 aromatic heterocycles. The van der Waals surface area contributed by atoms with Crippen molar-refractivity contribution in [1.82, 2.24) is 9.55 Å². The van der Waals surface area contributed by atoms with Crippen molar-refractivity contribution in [1.29, 1.82) is 0 Å². The highest BCUT2D eigenvalue weighted by Gasteiger charge is 2.50. The Kier molecular flexibility index (Phi) is 6.81. The van der Waals surface area contributed by atoms with Crippen LogP contribution >= 0.6 is 7.82 Å². The molecule has 2 heterocycles. The molecule has 0 unspecified atom stereocenters.